The summed E-state index contributed by atoms with van der Waals surface area (Å²) < 4.78 is 37.1. The van der Waals surface area contributed by atoms with E-state index in [9.17, 15) is 8.42 Å². The van der Waals surface area contributed by atoms with Crippen LogP contribution in [-0.4, -0.2) is 32.6 Å². The minimum atomic E-state index is -3.43. The summed E-state index contributed by atoms with van der Waals surface area (Å²) >= 11 is 0. The molecular weight excluding hydrogens is 266 g/mol. The van der Waals surface area contributed by atoms with Crippen LogP contribution < -0.4 is 9.47 Å². The van der Waals surface area contributed by atoms with Gasteiger partial charge in [0, 0.05) is 19.2 Å². The molecule has 0 unspecified atom stereocenters. The van der Waals surface area contributed by atoms with Gasteiger partial charge in [0.15, 0.2) is 11.5 Å². The second-order valence-corrected chi connectivity index (χ2v) is 7.71. The van der Waals surface area contributed by atoms with Crippen molar-refractivity contribution >= 4 is 10.0 Å². The van der Waals surface area contributed by atoms with Crippen LogP contribution in [0.4, 0.5) is 0 Å². The molecule has 5 nitrogen and oxygen atoms in total. The topological polar surface area (TPSA) is 55.8 Å². The minimum absolute atomic E-state index is 0.0450. The number of rotatable bonds is 2. The van der Waals surface area contributed by atoms with Gasteiger partial charge >= 0.3 is 0 Å². The number of sulfonamides is 1. The van der Waals surface area contributed by atoms with Gasteiger partial charge in [-0.1, -0.05) is 13.8 Å². The van der Waals surface area contributed by atoms with Gasteiger partial charge in [0.25, 0.3) is 0 Å². The van der Waals surface area contributed by atoms with Gasteiger partial charge in [-0.2, -0.15) is 4.31 Å². The fourth-order valence-electron chi connectivity index (χ4n) is 2.45. The lowest BCUT2D eigenvalue weighted by Gasteiger charge is -2.19. The highest BCUT2D eigenvalue weighted by Crippen LogP contribution is 2.37. The van der Waals surface area contributed by atoms with E-state index in [1.54, 1.807) is 22.5 Å². The molecule has 19 heavy (non-hydrogen) atoms. The summed E-state index contributed by atoms with van der Waals surface area (Å²) in [4.78, 5) is 0.273. The molecule has 1 fully saturated rings. The lowest BCUT2D eigenvalue weighted by Crippen LogP contribution is -2.30. The second-order valence-electron chi connectivity index (χ2n) is 5.77. The van der Waals surface area contributed by atoms with Crippen LogP contribution in [0.3, 0.4) is 0 Å². The summed E-state index contributed by atoms with van der Waals surface area (Å²) in [6, 6.07) is 4.77. The molecule has 2 aliphatic heterocycles. The Hall–Kier alpha value is -1.27. The van der Waals surface area contributed by atoms with Crippen molar-refractivity contribution in [2.45, 2.75) is 25.2 Å². The summed E-state index contributed by atoms with van der Waals surface area (Å²) in [6.07, 6.45) is 0.886. The molecule has 1 aromatic carbocycles. The van der Waals surface area contributed by atoms with E-state index in [0.717, 1.165) is 6.42 Å². The Balaban J connectivity index is 1.93. The standard InChI is InChI=1S/C13H17NO4S/c1-13(2)5-6-14(8-13)19(15,16)10-3-4-11-12(7-10)18-9-17-11/h3-4,7H,5-6,8-9H2,1-2H3. The largest absolute Gasteiger partial charge is 0.454 e. The highest BCUT2D eigenvalue weighted by Gasteiger charge is 2.37. The zero-order valence-electron chi connectivity index (χ0n) is 11.0. The smallest absolute Gasteiger partial charge is 0.243 e. The molecule has 104 valence electrons. The van der Waals surface area contributed by atoms with Crippen molar-refractivity contribution in [1.82, 2.24) is 4.31 Å². The zero-order chi connectivity index (χ0) is 13.7. The van der Waals surface area contributed by atoms with E-state index in [2.05, 4.69) is 13.8 Å². The minimum Gasteiger partial charge on any atom is -0.454 e. The third kappa shape index (κ3) is 2.19. The quantitative estimate of drug-likeness (QED) is 0.831. The first-order valence-electron chi connectivity index (χ1n) is 6.28. The predicted octanol–water partition coefficient (Wildman–Crippen LogP) is 1.84. The number of hydrogen-bond acceptors (Lipinski definition) is 4. The predicted molar refractivity (Wildman–Crippen MR) is 69.7 cm³/mol. The van der Waals surface area contributed by atoms with E-state index in [4.69, 9.17) is 9.47 Å². The molecule has 0 bridgehead atoms. The Morgan fingerprint density at radius 1 is 1.21 bits per heavy atom. The van der Waals surface area contributed by atoms with Gasteiger partial charge in [0.2, 0.25) is 16.8 Å². The van der Waals surface area contributed by atoms with E-state index < -0.39 is 10.0 Å². The van der Waals surface area contributed by atoms with Gasteiger partial charge in [-0.25, -0.2) is 8.42 Å². The first kappa shape index (κ1) is 12.7. The molecule has 0 radical (unpaired) electrons. The fraction of sp³-hybridized carbons (Fsp3) is 0.538. The van der Waals surface area contributed by atoms with Gasteiger partial charge < -0.3 is 9.47 Å². The molecule has 3 rings (SSSR count). The average Bonchev–Trinajstić information content (AvgIpc) is 2.94. The van der Waals surface area contributed by atoms with Crippen molar-refractivity contribution in [1.29, 1.82) is 0 Å². The summed E-state index contributed by atoms with van der Waals surface area (Å²) in [5, 5.41) is 0. The lowest BCUT2D eigenvalue weighted by molar-refractivity contribution is 0.174. The van der Waals surface area contributed by atoms with E-state index in [1.807, 2.05) is 0 Å². The van der Waals surface area contributed by atoms with Gasteiger partial charge in [0.1, 0.15) is 0 Å². The van der Waals surface area contributed by atoms with Crippen molar-refractivity contribution in [3.63, 3.8) is 0 Å². The van der Waals surface area contributed by atoms with Crippen LogP contribution in [0.1, 0.15) is 20.3 Å². The Labute approximate surface area is 113 Å². The van der Waals surface area contributed by atoms with Gasteiger partial charge in [0.05, 0.1) is 4.90 Å². The first-order chi connectivity index (χ1) is 8.88. The number of fused-ring (bicyclic) bond motifs is 1. The van der Waals surface area contributed by atoms with Crippen LogP contribution in [0.5, 0.6) is 11.5 Å². The monoisotopic (exact) mass is 283 g/mol. The Morgan fingerprint density at radius 2 is 1.95 bits per heavy atom. The summed E-state index contributed by atoms with van der Waals surface area (Å²) in [5.74, 6) is 1.10. The molecule has 0 aromatic heterocycles. The van der Waals surface area contributed by atoms with E-state index in [-0.39, 0.29) is 17.1 Å². The molecular formula is C13H17NO4S. The Kier molecular flexibility index (Phi) is 2.76. The van der Waals surface area contributed by atoms with Crippen LogP contribution in [-0.2, 0) is 10.0 Å². The van der Waals surface area contributed by atoms with Crippen molar-refractivity contribution in [3.05, 3.63) is 18.2 Å². The van der Waals surface area contributed by atoms with Crippen LogP contribution in [0.2, 0.25) is 0 Å². The van der Waals surface area contributed by atoms with Crippen molar-refractivity contribution in [3.8, 4) is 11.5 Å². The van der Waals surface area contributed by atoms with Crippen molar-refractivity contribution in [2.75, 3.05) is 19.9 Å². The first-order valence-corrected chi connectivity index (χ1v) is 7.72. The Morgan fingerprint density at radius 3 is 2.63 bits per heavy atom. The van der Waals surface area contributed by atoms with Crippen LogP contribution in [0.15, 0.2) is 23.1 Å². The SMILES string of the molecule is CC1(C)CCN(S(=O)(=O)c2ccc3c(c2)OCO3)C1. The number of ether oxygens (including phenoxy) is 2. The molecule has 0 N–H and O–H groups in total. The molecule has 2 aliphatic rings. The maximum absolute atomic E-state index is 12.6. The molecule has 0 aliphatic carbocycles. The average molecular weight is 283 g/mol. The summed E-state index contributed by atoms with van der Waals surface area (Å²) in [6.45, 7) is 5.45. The summed E-state index contributed by atoms with van der Waals surface area (Å²) in [7, 11) is -3.43. The van der Waals surface area contributed by atoms with Crippen molar-refractivity contribution < 1.29 is 17.9 Å². The highest BCUT2D eigenvalue weighted by molar-refractivity contribution is 7.89. The molecule has 1 aromatic rings. The molecule has 6 heteroatoms. The third-order valence-corrected chi connectivity index (χ3v) is 5.47. The normalized spacial score (nSPS) is 21.8. The van der Waals surface area contributed by atoms with Crippen LogP contribution in [0, 0.1) is 5.41 Å². The maximum Gasteiger partial charge on any atom is 0.243 e. The highest BCUT2D eigenvalue weighted by atomic mass is 32.2. The van der Waals surface area contributed by atoms with E-state index >= 15 is 0 Å². The van der Waals surface area contributed by atoms with Gasteiger partial charge in [-0.15, -0.1) is 0 Å². The van der Waals surface area contributed by atoms with Gasteiger partial charge in [-0.05, 0) is 24.0 Å². The zero-order valence-corrected chi connectivity index (χ0v) is 11.9. The molecule has 0 atom stereocenters. The second kappa shape index (κ2) is 4.11. The van der Waals surface area contributed by atoms with Crippen LogP contribution in [0.25, 0.3) is 0 Å². The fourth-order valence-corrected chi connectivity index (χ4v) is 4.10. The molecule has 1 saturated heterocycles. The number of hydrogen-bond donors (Lipinski definition) is 0. The number of benzene rings is 1. The van der Waals surface area contributed by atoms with E-state index in [1.165, 1.54) is 0 Å². The lowest BCUT2D eigenvalue weighted by atomic mass is 9.93. The van der Waals surface area contributed by atoms with E-state index in [0.29, 0.717) is 24.6 Å². The Bertz CT molecular complexity index is 609. The summed E-state index contributed by atoms with van der Waals surface area (Å²) in [5.41, 5.74) is 0.0450. The molecule has 0 saturated carbocycles. The van der Waals surface area contributed by atoms with Crippen molar-refractivity contribution in [2.24, 2.45) is 5.41 Å². The van der Waals surface area contributed by atoms with Crippen LogP contribution >= 0.6 is 0 Å². The molecule has 0 amide bonds. The van der Waals surface area contributed by atoms with Gasteiger partial charge in [-0.3, -0.25) is 0 Å². The molecule has 0 spiro atoms. The molecule has 2 heterocycles. The number of nitrogens with zero attached hydrogens (tertiary/aromatic N) is 1. The third-order valence-electron chi connectivity index (χ3n) is 3.62. The maximum atomic E-state index is 12.6.